The van der Waals surface area contributed by atoms with Crippen molar-refractivity contribution in [3.63, 3.8) is 0 Å². The number of fused-ring (bicyclic) bond motifs is 8. The Morgan fingerprint density at radius 2 is 1.17 bits per heavy atom. The number of pyridine rings is 2. The molecule has 0 aliphatic heterocycles. The van der Waals surface area contributed by atoms with Crippen molar-refractivity contribution < 1.29 is 22.6 Å². The lowest BCUT2D eigenvalue weighted by atomic mass is 9.96. The van der Waals surface area contributed by atoms with Crippen LogP contribution in [-0.4, -0.2) is 62.4 Å². The third-order valence-electron chi connectivity index (χ3n) is 8.33. The molecule has 4 aromatic carbocycles. The summed E-state index contributed by atoms with van der Waals surface area (Å²) in [6.45, 7) is 2.00. The minimum Gasteiger partial charge on any atom is -0.352 e. The molecule has 0 fully saturated rings. The van der Waals surface area contributed by atoms with Gasteiger partial charge in [0.25, 0.3) is 33.1 Å². The fourth-order valence-corrected chi connectivity index (χ4v) is 6.69. The monoisotopic (exact) mass is 634 g/mol. The molecule has 0 atom stereocenters. The maximum atomic E-state index is 14.1. The van der Waals surface area contributed by atoms with E-state index in [4.69, 9.17) is 14.5 Å². The van der Waals surface area contributed by atoms with Crippen LogP contribution in [0.25, 0.3) is 65.7 Å². The molecular formula is C32H22N6O7S. The van der Waals surface area contributed by atoms with Crippen LogP contribution < -0.4 is 21.8 Å². The Hall–Kier alpha value is -5.73. The summed E-state index contributed by atoms with van der Waals surface area (Å²) in [6.07, 6.45) is 0. The van der Waals surface area contributed by atoms with Gasteiger partial charge in [-0.05, 0) is 67.6 Å². The van der Waals surface area contributed by atoms with Crippen molar-refractivity contribution in [3.05, 3.63) is 92.5 Å². The summed E-state index contributed by atoms with van der Waals surface area (Å²) >= 11 is 0. The molecule has 0 unspecified atom stereocenters. The number of carbonyl (C=O) groups excluding carboxylic acids is 2. The number of carbonyl (C=O) groups is 2. The van der Waals surface area contributed by atoms with E-state index in [1.807, 2.05) is 6.92 Å². The van der Waals surface area contributed by atoms with E-state index in [2.05, 4.69) is 10.6 Å². The van der Waals surface area contributed by atoms with E-state index in [0.29, 0.717) is 77.8 Å². The predicted molar refractivity (Wildman–Crippen MR) is 173 cm³/mol. The average Bonchev–Trinajstić information content (AvgIpc) is 3.61. The van der Waals surface area contributed by atoms with Gasteiger partial charge < -0.3 is 10.6 Å². The van der Waals surface area contributed by atoms with Crippen molar-refractivity contribution >= 4 is 87.6 Å². The van der Waals surface area contributed by atoms with E-state index >= 15 is 0 Å². The van der Waals surface area contributed by atoms with E-state index in [9.17, 15) is 27.6 Å². The maximum absolute atomic E-state index is 14.1. The summed E-state index contributed by atoms with van der Waals surface area (Å²) in [7, 11) is -4.25. The van der Waals surface area contributed by atoms with Gasteiger partial charge in [0.05, 0.1) is 27.8 Å². The second-order valence-electron chi connectivity index (χ2n) is 11.0. The van der Waals surface area contributed by atoms with E-state index in [0.717, 1.165) is 0 Å². The molecule has 4 heterocycles. The Labute approximate surface area is 257 Å². The number of nitrogens with zero attached hydrogens (tertiary/aromatic N) is 4. The summed E-state index contributed by atoms with van der Waals surface area (Å²) in [6, 6.07) is 16.5. The standard InChI is InChI=1S/C32H22N6O7S/c1-2-33-29(39)15-3-9-21-23(13-15)37-27(35-21)17-5-8-20-26-18(6-7-19(25(17)26)31(37)41)28-36-22-10-4-16(14-24(22)38(28)32(20)42)30(40)34-11-12-46(43,44)45/h3-10,13-14H,2,11-12H2,1H3,(H,33,39)(H,34,40)(H,43,44,45). The van der Waals surface area contributed by atoms with Gasteiger partial charge in [-0.2, -0.15) is 8.42 Å². The second kappa shape index (κ2) is 9.63. The minimum atomic E-state index is -4.25. The summed E-state index contributed by atoms with van der Waals surface area (Å²) in [5.74, 6) is -1.47. The molecule has 8 aromatic rings. The zero-order valence-electron chi connectivity index (χ0n) is 24.0. The van der Waals surface area contributed by atoms with Gasteiger partial charge >= 0.3 is 0 Å². The number of nitrogens with one attached hydrogen (secondary N) is 2. The zero-order valence-corrected chi connectivity index (χ0v) is 24.8. The first-order valence-corrected chi connectivity index (χ1v) is 15.9. The number of aromatic nitrogens is 4. The molecule has 14 heteroatoms. The first-order valence-electron chi connectivity index (χ1n) is 14.3. The first kappa shape index (κ1) is 27.8. The topological polar surface area (TPSA) is 181 Å². The van der Waals surface area contributed by atoms with Crippen molar-refractivity contribution in [2.24, 2.45) is 0 Å². The molecule has 0 aliphatic rings. The SMILES string of the molecule is CCNC(=O)c1ccc2nc3c4ccc5c(=O)n6c7cc(C(=O)NCCS(=O)(=O)O)ccc7nc6c6ccc(c(=O)n3c2c1)c4c56. The molecule has 8 rings (SSSR count). The van der Waals surface area contributed by atoms with Crippen molar-refractivity contribution in [1.29, 1.82) is 0 Å². The Morgan fingerprint density at radius 3 is 1.63 bits per heavy atom. The smallest absolute Gasteiger partial charge is 0.266 e. The highest BCUT2D eigenvalue weighted by molar-refractivity contribution is 7.85. The second-order valence-corrected chi connectivity index (χ2v) is 12.6. The molecule has 0 saturated carbocycles. The molecule has 4 aromatic heterocycles. The van der Waals surface area contributed by atoms with Crippen LogP contribution in [0.15, 0.2) is 70.3 Å². The molecular weight excluding hydrogens is 612 g/mol. The average molecular weight is 635 g/mol. The predicted octanol–water partition coefficient (Wildman–Crippen LogP) is 2.71. The van der Waals surface area contributed by atoms with Crippen LogP contribution in [0.4, 0.5) is 0 Å². The van der Waals surface area contributed by atoms with Gasteiger partial charge in [-0.15, -0.1) is 0 Å². The Bertz CT molecular complexity index is 2860. The van der Waals surface area contributed by atoms with E-state index in [-0.39, 0.29) is 23.6 Å². The third kappa shape index (κ3) is 3.93. The third-order valence-corrected chi connectivity index (χ3v) is 9.05. The highest BCUT2D eigenvalue weighted by Crippen LogP contribution is 2.36. The number of hydrogen-bond donors (Lipinski definition) is 3. The molecule has 0 bridgehead atoms. The number of amides is 2. The zero-order chi connectivity index (χ0) is 32.1. The van der Waals surface area contributed by atoms with Crippen molar-refractivity contribution in [1.82, 2.24) is 29.4 Å². The van der Waals surface area contributed by atoms with Crippen LogP contribution in [0, 0.1) is 0 Å². The first-order chi connectivity index (χ1) is 22.1. The summed E-state index contributed by atoms with van der Waals surface area (Å²) in [5.41, 5.74) is 2.48. The quantitative estimate of drug-likeness (QED) is 0.183. The van der Waals surface area contributed by atoms with Crippen molar-refractivity contribution in [2.75, 3.05) is 18.8 Å². The lowest BCUT2D eigenvalue weighted by Gasteiger charge is -2.12. The largest absolute Gasteiger partial charge is 0.352 e. The number of rotatable bonds is 6. The fourth-order valence-electron chi connectivity index (χ4n) is 6.33. The van der Waals surface area contributed by atoms with Crippen LogP contribution in [0.5, 0.6) is 0 Å². The Balaban J connectivity index is 1.37. The molecule has 228 valence electrons. The fraction of sp³-hybridized carbons (Fsp3) is 0.125. The van der Waals surface area contributed by atoms with E-state index in [1.54, 1.807) is 48.5 Å². The molecule has 13 nitrogen and oxygen atoms in total. The van der Waals surface area contributed by atoms with Gasteiger partial charge in [0.2, 0.25) is 0 Å². The van der Waals surface area contributed by atoms with Crippen LogP contribution in [0.1, 0.15) is 27.6 Å². The molecule has 0 saturated heterocycles. The summed E-state index contributed by atoms with van der Waals surface area (Å²) in [4.78, 5) is 62.8. The van der Waals surface area contributed by atoms with Gasteiger partial charge in [0, 0.05) is 56.5 Å². The minimum absolute atomic E-state index is 0.175. The van der Waals surface area contributed by atoms with E-state index < -0.39 is 27.3 Å². The molecule has 0 aliphatic carbocycles. The molecule has 2 amide bonds. The Morgan fingerprint density at radius 1 is 0.717 bits per heavy atom. The van der Waals surface area contributed by atoms with Crippen LogP contribution in [-0.2, 0) is 10.1 Å². The van der Waals surface area contributed by atoms with Gasteiger partial charge in [0.15, 0.2) is 0 Å². The molecule has 0 spiro atoms. The van der Waals surface area contributed by atoms with Crippen LogP contribution in [0.3, 0.4) is 0 Å². The van der Waals surface area contributed by atoms with Crippen molar-refractivity contribution in [3.8, 4) is 0 Å². The molecule has 3 N–H and O–H groups in total. The highest BCUT2D eigenvalue weighted by Gasteiger charge is 2.23. The van der Waals surface area contributed by atoms with Crippen molar-refractivity contribution in [2.45, 2.75) is 6.92 Å². The highest BCUT2D eigenvalue weighted by atomic mass is 32.2. The van der Waals surface area contributed by atoms with Gasteiger partial charge in [-0.1, -0.05) is 0 Å². The number of imidazole rings is 2. The van der Waals surface area contributed by atoms with Crippen LogP contribution >= 0.6 is 0 Å². The van der Waals surface area contributed by atoms with E-state index in [1.165, 1.54) is 20.9 Å². The number of hydrogen-bond acceptors (Lipinski definition) is 8. The normalized spacial score (nSPS) is 12.5. The molecule has 46 heavy (non-hydrogen) atoms. The van der Waals surface area contributed by atoms with Crippen LogP contribution in [0.2, 0.25) is 0 Å². The van der Waals surface area contributed by atoms with Gasteiger partial charge in [0.1, 0.15) is 11.3 Å². The van der Waals surface area contributed by atoms with Gasteiger partial charge in [-0.3, -0.25) is 32.5 Å². The van der Waals surface area contributed by atoms with Gasteiger partial charge in [-0.25, -0.2) is 9.97 Å². The molecule has 0 radical (unpaired) electrons. The summed E-state index contributed by atoms with van der Waals surface area (Å²) in [5, 5.41) is 8.38. The maximum Gasteiger partial charge on any atom is 0.266 e. The lowest BCUT2D eigenvalue weighted by Crippen LogP contribution is -2.28. The Kier molecular flexibility index (Phi) is 5.82. The lowest BCUT2D eigenvalue weighted by molar-refractivity contribution is 0.0947. The summed E-state index contributed by atoms with van der Waals surface area (Å²) < 4.78 is 33.9. The number of benzene rings is 4.